The number of aromatic nitrogens is 2. The molecule has 7 nitrogen and oxygen atoms in total. The van der Waals surface area contributed by atoms with Crippen LogP contribution in [0.25, 0.3) is 5.69 Å². The first-order valence-electron chi connectivity index (χ1n) is 14.8. The van der Waals surface area contributed by atoms with E-state index in [1.54, 1.807) is 0 Å². The van der Waals surface area contributed by atoms with E-state index in [0.717, 1.165) is 87.7 Å². The number of aliphatic imine (C=N–C) groups is 2. The molecule has 1 fully saturated rings. The van der Waals surface area contributed by atoms with Gasteiger partial charge in [-0.15, -0.1) is 0 Å². The highest BCUT2D eigenvalue weighted by Crippen LogP contribution is 2.49. The number of anilines is 2. The zero-order chi connectivity index (χ0) is 29.8. The summed E-state index contributed by atoms with van der Waals surface area (Å²) < 4.78 is 16.6. The largest absolute Gasteiger partial charge is 0.368 e. The fourth-order valence-electron chi connectivity index (χ4n) is 6.48. The van der Waals surface area contributed by atoms with Crippen molar-refractivity contribution in [1.82, 2.24) is 14.7 Å². The highest BCUT2D eigenvalue weighted by Gasteiger charge is 2.43. The minimum Gasteiger partial charge on any atom is -0.368 e. The molecule has 4 heterocycles. The number of amidine groups is 2. The number of hydrogen-bond donors (Lipinski definition) is 0. The van der Waals surface area contributed by atoms with E-state index in [1.807, 2.05) is 47.1 Å². The molecule has 0 amide bonds. The van der Waals surface area contributed by atoms with E-state index >= 15 is 0 Å². The van der Waals surface area contributed by atoms with Crippen LogP contribution in [0, 0.1) is 12.7 Å². The molecule has 5 aromatic rings. The number of fused-ring (bicyclic) bond motifs is 4. The van der Waals surface area contributed by atoms with Crippen LogP contribution in [-0.4, -0.2) is 52.5 Å². The monoisotopic (exact) mass is 645 g/mol. The van der Waals surface area contributed by atoms with Crippen LogP contribution in [0.4, 0.5) is 27.3 Å². The Morgan fingerprint density at radius 3 is 2.16 bits per heavy atom. The quantitative estimate of drug-likeness (QED) is 0.203. The lowest BCUT2D eigenvalue weighted by molar-refractivity contribution is 0.389. The van der Waals surface area contributed by atoms with E-state index < -0.39 is 0 Å². The van der Waals surface area contributed by atoms with E-state index in [-0.39, 0.29) is 11.9 Å². The van der Waals surface area contributed by atoms with Crippen molar-refractivity contribution < 1.29 is 4.39 Å². The molecule has 8 rings (SSSR count). The van der Waals surface area contributed by atoms with Crippen LogP contribution in [0.1, 0.15) is 22.9 Å². The summed E-state index contributed by atoms with van der Waals surface area (Å²) >= 11 is 3.88. The van der Waals surface area contributed by atoms with Crippen LogP contribution >= 0.6 is 15.9 Å². The van der Waals surface area contributed by atoms with Crippen LogP contribution in [0.2, 0.25) is 0 Å². The molecule has 0 aliphatic carbocycles. The first-order chi connectivity index (χ1) is 21.6. The predicted molar refractivity (Wildman–Crippen MR) is 178 cm³/mol. The van der Waals surface area contributed by atoms with E-state index in [2.05, 4.69) is 86.1 Å². The van der Waals surface area contributed by atoms with Crippen molar-refractivity contribution in [2.75, 3.05) is 36.0 Å². The number of nitrogens with zero attached hydrogens (tertiary/aromatic N) is 7. The van der Waals surface area contributed by atoms with Gasteiger partial charge in [-0.05, 0) is 67.1 Å². The Balaban J connectivity index is 1.28. The SMILES string of the molecule is Cc1nn(-c2ccccc2)c2c1[C@@H](c1ccccc1Br)N1C(=N2)C(N2CCN(c3ccc(F)cc3)CC2)=Nc2ccccc21. The summed E-state index contributed by atoms with van der Waals surface area (Å²) in [6.07, 6.45) is 0. The third kappa shape index (κ3) is 4.42. The summed E-state index contributed by atoms with van der Waals surface area (Å²) in [6, 6.07) is 33.5. The third-order valence-electron chi connectivity index (χ3n) is 8.59. The van der Waals surface area contributed by atoms with Crippen LogP contribution in [0.3, 0.4) is 0 Å². The van der Waals surface area contributed by atoms with E-state index in [4.69, 9.17) is 15.1 Å². The third-order valence-corrected chi connectivity index (χ3v) is 9.31. The smallest absolute Gasteiger partial charge is 0.179 e. The number of piperazine rings is 1. The molecule has 3 aliphatic rings. The Labute approximate surface area is 263 Å². The van der Waals surface area contributed by atoms with E-state index in [1.165, 1.54) is 12.1 Å². The second-order valence-electron chi connectivity index (χ2n) is 11.2. The Hall–Kier alpha value is -4.76. The van der Waals surface area contributed by atoms with Gasteiger partial charge in [0.25, 0.3) is 0 Å². The number of aryl methyl sites for hydroxylation is 1. The maximum Gasteiger partial charge on any atom is 0.179 e. The van der Waals surface area contributed by atoms with Crippen molar-refractivity contribution >= 4 is 50.5 Å². The average molecular weight is 647 g/mol. The topological polar surface area (TPSA) is 52.3 Å². The molecule has 1 atom stereocenters. The summed E-state index contributed by atoms with van der Waals surface area (Å²) in [5.41, 5.74) is 7.05. The van der Waals surface area contributed by atoms with Crippen molar-refractivity contribution in [3.8, 4) is 5.69 Å². The van der Waals surface area contributed by atoms with Crippen molar-refractivity contribution in [1.29, 1.82) is 0 Å². The van der Waals surface area contributed by atoms with Crippen LogP contribution in [0.5, 0.6) is 0 Å². The molecule has 1 saturated heterocycles. The molecule has 9 heteroatoms. The fourth-order valence-corrected chi connectivity index (χ4v) is 6.98. The van der Waals surface area contributed by atoms with Gasteiger partial charge in [-0.25, -0.2) is 19.1 Å². The van der Waals surface area contributed by atoms with Crippen molar-refractivity contribution in [3.05, 3.63) is 130 Å². The van der Waals surface area contributed by atoms with Crippen molar-refractivity contribution in [2.24, 2.45) is 9.98 Å². The second-order valence-corrected chi connectivity index (χ2v) is 12.0. The number of halogens is 2. The first-order valence-corrected chi connectivity index (χ1v) is 15.6. The highest BCUT2D eigenvalue weighted by molar-refractivity contribution is 9.10. The van der Waals surface area contributed by atoms with Crippen molar-refractivity contribution in [2.45, 2.75) is 13.0 Å². The number of benzene rings is 4. The lowest BCUT2D eigenvalue weighted by Crippen LogP contribution is -2.55. The maximum atomic E-state index is 13.6. The summed E-state index contributed by atoms with van der Waals surface area (Å²) in [5.74, 6) is 2.26. The Morgan fingerprint density at radius 1 is 0.705 bits per heavy atom. The van der Waals surface area contributed by atoms with Gasteiger partial charge >= 0.3 is 0 Å². The minimum absolute atomic E-state index is 0.183. The number of hydrogen-bond acceptors (Lipinski definition) is 6. The molecule has 0 radical (unpaired) electrons. The molecular formula is C35H29BrFN7. The molecule has 0 N–H and O–H groups in total. The lowest BCUT2D eigenvalue weighted by atomic mass is 9.93. The average Bonchev–Trinajstić information content (AvgIpc) is 3.40. The summed E-state index contributed by atoms with van der Waals surface area (Å²) in [7, 11) is 0. The molecule has 218 valence electrons. The Morgan fingerprint density at radius 2 is 1.39 bits per heavy atom. The second kappa shape index (κ2) is 10.7. The first kappa shape index (κ1) is 26.8. The van der Waals surface area contributed by atoms with Crippen LogP contribution < -0.4 is 9.80 Å². The standard InChI is InChI=1S/C35H29BrFN7/c1-23-31-32(27-11-5-6-12-28(27)36)43-30-14-8-7-13-29(30)38-34(35(43)39-33(31)44(40-23)26-9-3-2-4-10-26)42-21-19-41(20-22-42)25-17-15-24(37)16-18-25/h2-18,32H,19-22H2,1H3/t32-/m1/s1. The molecule has 0 saturated carbocycles. The summed E-state index contributed by atoms with van der Waals surface area (Å²) in [5, 5.41) is 5.05. The van der Waals surface area contributed by atoms with Gasteiger partial charge in [-0.1, -0.05) is 64.5 Å². The van der Waals surface area contributed by atoms with Gasteiger partial charge < -0.3 is 14.7 Å². The van der Waals surface area contributed by atoms with Gasteiger partial charge in [-0.3, -0.25) is 0 Å². The van der Waals surface area contributed by atoms with Gasteiger partial charge in [0.2, 0.25) is 0 Å². The van der Waals surface area contributed by atoms with E-state index in [0.29, 0.717) is 0 Å². The molecule has 1 aromatic heterocycles. The van der Waals surface area contributed by atoms with Crippen LogP contribution in [-0.2, 0) is 0 Å². The Kier molecular flexibility index (Phi) is 6.56. The minimum atomic E-state index is -0.220. The molecule has 44 heavy (non-hydrogen) atoms. The van der Waals surface area contributed by atoms with Gasteiger partial charge in [0.05, 0.1) is 28.8 Å². The maximum absolute atomic E-state index is 13.6. The zero-order valence-electron chi connectivity index (χ0n) is 24.1. The lowest BCUT2D eigenvalue weighted by Gasteiger charge is -2.44. The zero-order valence-corrected chi connectivity index (χ0v) is 25.7. The van der Waals surface area contributed by atoms with Crippen LogP contribution in [0.15, 0.2) is 118 Å². The normalized spacial score (nSPS) is 17.4. The van der Waals surface area contributed by atoms with Gasteiger partial charge in [0.1, 0.15) is 5.82 Å². The van der Waals surface area contributed by atoms with Gasteiger partial charge in [-0.2, -0.15) is 5.10 Å². The number of rotatable bonds is 3. The summed E-state index contributed by atoms with van der Waals surface area (Å²) in [4.78, 5) is 17.6. The molecular weight excluding hydrogens is 617 g/mol. The number of para-hydroxylation sites is 3. The fraction of sp³-hybridized carbons (Fsp3) is 0.171. The molecule has 0 bridgehead atoms. The highest BCUT2D eigenvalue weighted by atomic mass is 79.9. The Bertz CT molecular complexity index is 1920. The van der Waals surface area contributed by atoms with Gasteiger partial charge in [0.15, 0.2) is 17.5 Å². The summed E-state index contributed by atoms with van der Waals surface area (Å²) in [6.45, 7) is 5.17. The predicted octanol–water partition coefficient (Wildman–Crippen LogP) is 7.59. The molecule has 4 aromatic carbocycles. The molecule has 0 unspecified atom stereocenters. The van der Waals surface area contributed by atoms with Crippen molar-refractivity contribution in [3.63, 3.8) is 0 Å². The van der Waals surface area contributed by atoms with E-state index in [9.17, 15) is 4.39 Å². The van der Waals surface area contributed by atoms with Gasteiger partial charge in [0, 0.05) is 41.9 Å². The molecule has 3 aliphatic heterocycles. The molecule has 0 spiro atoms.